The zero-order chi connectivity index (χ0) is 27.3. The van der Waals surface area contributed by atoms with Crippen LogP contribution in [0.15, 0.2) is 72.8 Å². The molecule has 0 aliphatic heterocycles. The molecule has 0 bridgehead atoms. The molecule has 4 nitrogen and oxygen atoms in total. The number of amides is 2. The molecule has 0 heterocycles. The van der Waals surface area contributed by atoms with Crippen LogP contribution in [0.5, 0.6) is 5.75 Å². The number of halogens is 6. The summed E-state index contributed by atoms with van der Waals surface area (Å²) in [7, 11) is 0. The van der Waals surface area contributed by atoms with Crippen LogP contribution in [0.25, 0.3) is 0 Å². The molecule has 1 fully saturated rings. The lowest BCUT2D eigenvalue weighted by Crippen LogP contribution is -2.53. The first-order valence-electron chi connectivity index (χ1n) is 12.1. The van der Waals surface area contributed by atoms with Gasteiger partial charge in [-0.05, 0) is 59.9 Å². The van der Waals surface area contributed by atoms with Crippen LogP contribution >= 0.6 is 0 Å². The zero-order valence-corrected chi connectivity index (χ0v) is 20.2. The lowest BCUT2D eigenvalue weighted by Gasteiger charge is -2.37. The highest BCUT2D eigenvalue weighted by molar-refractivity contribution is 5.76. The van der Waals surface area contributed by atoms with Crippen molar-refractivity contribution < 1.29 is 35.9 Å². The molecule has 1 unspecified atom stereocenters. The molecule has 0 saturated heterocycles. The summed E-state index contributed by atoms with van der Waals surface area (Å²) < 4.78 is 85.7. The molecular weight excluding hydrogens is 510 g/mol. The normalized spacial score (nSPS) is 15.8. The molecule has 202 valence electrons. The minimum Gasteiger partial charge on any atom is -0.435 e. The maximum atomic E-state index is 14.7. The van der Waals surface area contributed by atoms with E-state index in [1.54, 1.807) is 30.3 Å². The number of urea groups is 1. The number of alkyl halides is 5. The molecule has 1 atom stereocenters. The molecule has 0 aromatic heterocycles. The maximum absolute atomic E-state index is 14.7. The van der Waals surface area contributed by atoms with E-state index >= 15 is 0 Å². The lowest BCUT2D eigenvalue weighted by molar-refractivity contribution is -0.137. The smallest absolute Gasteiger partial charge is 0.416 e. The number of carbonyl (C=O) groups is 1. The van der Waals surface area contributed by atoms with Crippen molar-refractivity contribution in [2.45, 2.75) is 56.5 Å². The van der Waals surface area contributed by atoms with Gasteiger partial charge in [-0.3, -0.25) is 0 Å². The predicted octanol–water partition coefficient (Wildman–Crippen LogP) is 7.17. The Kier molecular flexibility index (Phi) is 8.18. The van der Waals surface area contributed by atoms with Crippen LogP contribution in [-0.2, 0) is 18.1 Å². The molecule has 0 spiro atoms. The second kappa shape index (κ2) is 11.4. The monoisotopic (exact) mass is 536 g/mol. The van der Waals surface area contributed by atoms with Gasteiger partial charge in [0.25, 0.3) is 0 Å². The van der Waals surface area contributed by atoms with E-state index < -0.39 is 35.7 Å². The van der Waals surface area contributed by atoms with Gasteiger partial charge in [-0.1, -0.05) is 55.3 Å². The minimum absolute atomic E-state index is 0.0538. The highest BCUT2D eigenvalue weighted by atomic mass is 19.4. The number of benzene rings is 3. The Morgan fingerprint density at radius 1 is 0.895 bits per heavy atom. The SMILES string of the molecule is O=C(NC1CCCC1)NC(Cc1ccccc1)(c1ccc(OC(F)F)cc1)c1cc(F)cc(C(F)(F)F)c1. The van der Waals surface area contributed by atoms with Crippen LogP contribution < -0.4 is 15.4 Å². The zero-order valence-electron chi connectivity index (χ0n) is 20.2. The summed E-state index contributed by atoms with van der Waals surface area (Å²) >= 11 is 0. The molecule has 38 heavy (non-hydrogen) atoms. The van der Waals surface area contributed by atoms with Gasteiger partial charge in [0, 0.05) is 12.5 Å². The number of rotatable bonds is 8. The van der Waals surface area contributed by atoms with Crippen LogP contribution in [0.4, 0.5) is 31.1 Å². The Hall–Kier alpha value is -3.69. The van der Waals surface area contributed by atoms with Gasteiger partial charge in [0.2, 0.25) is 0 Å². The molecule has 10 heteroatoms. The van der Waals surface area contributed by atoms with Crippen molar-refractivity contribution in [2.75, 3.05) is 0 Å². The second-order valence-electron chi connectivity index (χ2n) is 9.28. The number of nitrogens with one attached hydrogen (secondary N) is 2. The van der Waals surface area contributed by atoms with E-state index in [0.29, 0.717) is 11.6 Å². The average molecular weight is 537 g/mol. The summed E-state index contributed by atoms with van der Waals surface area (Å²) in [6.07, 6.45) is -1.51. The summed E-state index contributed by atoms with van der Waals surface area (Å²) in [4.78, 5) is 13.3. The van der Waals surface area contributed by atoms with Gasteiger partial charge < -0.3 is 15.4 Å². The first-order chi connectivity index (χ1) is 18.0. The van der Waals surface area contributed by atoms with Crippen LogP contribution in [0.2, 0.25) is 0 Å². The molecular formula is C28H26F6N2O2. The Bertz CT molecular complexity index is 1230. The van der Waals surface area contributed by atoms with E-state index in [9.17, 15) is 31.1 Å². The van der Waals surface area contributed by atoms with Gasteiger partial charge in [-0.15, -0.1) is 0 Å². The summed E-state index contributed by atoms with van der Waals surface area (Å²) in [6.45, 7) is -3.08. The number of hydrogen-bond donors (Lipinski definition) is 2. The minimum atomic E-state index is -4.85. The standard InChI is InChI=1S/C28H26F6N2O2/c29-22-15-20(14-21(16-22)28(32,33)34)27(17-18-6-2-1-3-7-18,36-26(37)35-23-8-4-5-9-23)19-10-12-24(13-11-19)38-25(30)31/h1-3,6-7,10-16,23,25H,4-5,8-9,17H2,(H2,35,36,37). The average Bonchev–Trinajstić information content (AvgIpc) is 3.36. The van der Waals surface area contributed by atoms with Gasteiger partial charge in [0.1, 0.15) is 11.6 Å². The topological polar surface area (TPSA) is 50.4 Å². The van der Waals surface area contributed by atoms with Crippen molar-refractivity contribution in [1.29, 1.82) is 0 Å². The third-order valence-electron chi connectivity index (χ3n) is 6.62. The number of ether oxygens (including phenoxy) is 1. The molecule has 1 saturated carbocycles. The van der Waals surface area contributed by atoms with Gasteiger partial charge in [0.15, 0.2) is 0 Å². The van der Waals surface area contributed by atoms with Crippen LogP contribution in [0, 0.1) is 5.82 Å². The summed E-state index contributed by atoms with van der Waals surface area (Å²) in [5, 5.41) is 5.70. The summed E-state index contributed by atoms with van der Waals surface area (Å²) in [5.74, 6) is -1.31. The van der Waals surface area contributed by atoms with Crippen molar-refractivity contribution in [3.8, 4) is 5.75 Å². The summed E-state index contributed by atoms with van der Waals surface area (Å²) in [5.41, 5.74) is -2.18. The first-order valence-corrected chi connectivity index (χ1v) is 12.1. The van der Waals surface area contributed by atoms with Gasteiger partial charge in [-0.2, -0.15) is 22.0 Å². The van der Waals surface area contributed by atoms with Crippen molar-refractivity contribution in [3.63, 3.8) is 0 Å². The third-order valence-corrected chi connectivity index (χ3v) is 6.62. The largest absolute Gasteiger partial charge is 0.435 e. The maximum Gasteiger partial charge on any atom is 0.416 e. The Labute approximate surface area is 216 Å². The van der Waals surface area contributed by atoms with E-state index in [1.165, 1.54) is 24.3 Å². The Morgan fingerprint density at radius 3 is 2.13 bits per heavy atom. The third kappa shape index (κ3) is 6.59. The summed E-state index contributed by atoms with van der Waals surface area (Å²) in [6, 6.07) is 15.2. The molecule has 2 amide bonds. The molecule has 3 aromatic carbocycles. The van der Waals surface area contributed by atoms with E-state index in [1.807, 2.05) is 0 Å². The highest BCUT2D eigenvalue weighted by Crippen LogP contribution is 2.39. The van der Waals surface area contributed by atoms with Crippen molar-refractivity contribution >= 4 is 6.03 Å². The van der Waals surface area contributed by atoms with E-state index in [0.717, 1.165) is 37.8 Å². The van der Waals surface area contributed by atoms with Gasteiger partial charge in [-0.25, -0.2) is 9.18 Å². The van der Waals surface area contributed by atoms with E-state index in [-0.39, 0.29) is 29.3 Å². The predicted molar refractivity (Wildman–Crippen MR) is 129 cm³/mol. The quantitative estimate of drug-likeness (QED) is 0.300. The molecule has 1 aliphatic carbocycles. The number of hydrogen-bond acceptors (Lipinski definition) is 2. The van der Waals surface area contributed by atoms with Gasteiger partial charge >= 0.3 is 18.8 Å². The molecule has 1 aliphatic rings. The fourth-order valence-corrected chi connectivity index (χ4v) is 4.87. The van der Waals surface area contributed by atoms with Crippen LogP contribution in [-0.4, -0.2) is 18.7 Å². The van der Waals surface area contributed by atoms with Crippen molar-refractivity contribution in [3.05, 3.63) is 101 Å². The van der Waals surface area contributed by atoms with E-state index in [2.05, 4.69) is 15.4 Å². The fraction of sp³-hybridized carbons (Fsp3) is 0.321. The van der Waals surface area contributed by atoms with E-state index in [4.69, 9.17) is 0 Å². The Morgan fingerprint density at radius 2 is 1.53 bits per heavy atom. The second-order valence-corrected chi connectivity index (χ2v) is 9.28. The van der Waals surface area contributed by atoms with Crippen molar-refractivity contribution in [1.82, 2.24) is 10.6 Å². The molecule has 4 rings (SSSR count). The molecule has 2 N–H and O–H groups in total. The number of carbonyl (C=O) groups excluding carboxylic acids is 1. The fourth-order valence-electron chi connectivity index (χ4n) is 4.87. The first kappa shape index (κ1) is 27.3. The van der Waals surface area contributed by atoms with Crippen molar-refractivity contribution in [2.24, 2.45) is 0 Å². The molecule has 3 aromatic rings. The lowest BCUT2D eigenvalue weighted by atomic mass is 9.77. The Balaban J connectivity index is 1.88. The van der Waals surface area contributed by atoms with Crippen LogP contribution in [0.3, 0.4) is 0 Å². The molecule has 0 radical (unpaired) electrons. The van der Waals surface area contributed by atoms with Crippen LogP contribution in [0.1, 0.15) is 47.9 Å². The highest BCUT2D eigenvalue weighted by Gasteiger charge is 2.40. The van der Waals surface area contributed by atoms with Gasteiger partial charge in [0.05, 0.1) is 11.1 Å².